The Morgan fingerprint density at radius 1 is 1.00 bits per heavy atom. The summed E-state index contributed by atoms with van der Waals surface area (Å²) >= 11 is 1.50. The normalized spacial score (nSPS) is 23.3. The summed E-state index contributed by atoms with van der Waals surface area (Å²) in [4.78, 5) is 30.9. The number of carbonyl (C=O) groups excluding carboxylic acids is 2. The molecule has 2 saturated heterocycles. The summed E-state index contributed by atoms with van der Waals surface area (Å²) in [6.45, 7) is 2.13. The molecule has 30 heavy (non-hydrogen) atoms. The molecule has 3 fully saturated rings. The van der Waals surface area contributed by atoms with Crippen molar-refractivity contribution in [3.63, 3.8) is 0 Å². The van der Waals surface area contributed by atoms with Gasteiger partial charge in [0.05, 0.1) is 10.5 Å². The van der Waals surface area contributed by atoms with Gasteiger partial charge in [-0.05, 0) is 62.1 Å². The molecule has 2 amide bonds. The maximum atomic E-state index is 13.3. The van der Waals surface area contributed by atoms with Crippen molar-refractivity contribution in [1.82, 2.24) is 9.80 Å². The van der Waals surface area contributed by atoms with Gasteiger partial charge in [-0.2, -0.15) is 0 Å². The molecule has 3 heterocycles. The highest BCUT2D eigenvalue weighted by Crippen LogP contribution is 2.40. The number of benzene rings is 1. The number of ether oxygens (including phenoxy) is 1. The van der Waals surface area contributed by atoms with Gasteiger partial charge >= 0.3 is 0 Å². The monoisotopic (exact) mass is 424 g/mol. The van der Waals surface area contributed by atoms with Crippen LogP contribution in [0.2, 0.25) is 0 Å². The van der Waals surface area contributed by atoms with Crippen LogP contribution in [0.25, 0.3) is 0 Å². The lowest BCUT2D eigenvalue weighted by Gasteiger charge is -2.48. The van der Waals surface area contributed by atoms with E-state index in [1.54, 1.807) is 0 Å². The van der Waals surface area contributed by atoms with E-state index in [1.165, 1.54) is 11.3 Å². The number of hydrogen-bond donors (Lipinski definition) is 0. The van der Waals surface area contributed by atoms with Crippen molar-refractivity contribution in [2.75, 3.05) is 19.7 Å². The van der Waals surface area contributed by atoms with Gasteiger partial charge in [0.25, 0.3) is 11.8 Å². The topological polar surface area (TPSA) is 49.9 Å². The summed E-state index contributed by atoms with van der Waals surface area (Å²) in [5.74, 6) is 0.288. The van der Waals surface area contributed by atoms with Crippen LogP contribution in [0.5, 0.6) is 0 Å². The van der Waals surface area contributed by atoms with Gasteiger partial charge in [0.1, 0.15) is 0 Å². The Morgan fingerprint density at radius 2 is 1.77 bits per heavy atom. The lowest BCUT2D eigenvalue weighted by Crippen LogP contribution is -2.55. The second kappa shape index (κ2) is 8.16. The zero-order valence-electron chi connectivity index (χ0n) is 17.2. The van der Waals surface area contributed by atoms with Crippen LogP contribution in [-0.4, -0.2) is 59.0 Å². The molecular weight excluding hydrogens is 396 g/mol. The molecule has 0 N–H and O–H groups in total. The summed E-state index contributed by atoms with van der Waals surface area (Å²) < 4.78 is 6.32. The first-order valence-electron chi connectivity index (χ1n) is 11.0. The van der Waals surface area contributed by atoms with Gasteiger partial charge in [-0.15, -0.1) is 11.3 Å². The minimum absolute atomic E-state index is 0.131. The quantitative estimate of drug-likeness (QED) is 0.739. The van der Waals surface area contributed by atoms with E-state index < -0.39 is 0 Å². The fourth-order valence-electron chi connectivity index (χ4n) is 4.97. The predicted octanol–water partition coefficient (Wildman–Crippen LogP) is 4.21. The number of carbonyl (C=O) groups is 2. The van der Waals surface area contributed by atoms with Crippen molar-refractivity contribution < 1.29 is 14.3 Å². The molecule has 1 aromatic heterocycles. The van der Waals surface area contributed by atoms with Gasteiger partial charge in [0.2, 0.25) is 0 Å². The van der Waals surface area contributed by atoms with Gasteiger partial charge in [0.15, 0.2) is 0 Å². The second-order valence-corrected chi connectivity index (χ2v) is 9.70. The summed E-state index contributed by atoms with van der Waals surface area (Å²) in [7, 11) is 0. The van der Waals surface area contributed by atoms with Gasteiger partial charge in [0, 0.05) is 37.3 Å². The molecule has 5 rings (SSSR count). The summed E-state index contributed by atoms with van der Waals surface area (Å²) in [5, 5.41) is 1.95. The molecule has 2 aliphatic heterocycles. The minimum Gasteiger partial charge on any atom is -0.375 e. The average molecular weight is 425 g/mol. The Bertz CT molecular complexity index is 886. The molecule has 3 aliphatic rings. The van der Waals surface area contributed by atoms with E-state index in [4.69, 9.17) is 4.74 Å². The first-order chi connectivity index (χ1) is 14.7. The summed E-state index contributed by atoms with van der Waals surface area (Å²) in [6.07, 6.45) is 5.67. The minimum atomic E-state index is -0.209. The van der Waals surface area contributed by atoms with E-state index in [9.17, 15) is 9.59 Å². The molecule has 5 nitrogen and oxygen atoms in total. The van der Waals surface area contributed by atoms with Crippen molar-refractivity contribution in [2.24, 2.45) is 0 Å². The van der Waals surface area contributed by atoms with Crippen LogP contribution in [0, 0.1) is 0 Å². The lowest BCUT2D eigenvalue weighted by atomic mass is 9.81. The molecule has 1 aliphatic carbocycles. The average Bonchev–Trinajstić information content (AvgIpc) is 3.46. The Kier molecular flexibility index (Phi) is 5.37. The van der Waals surface area contributed by atoms with Gasteiger partial charge in [-0.3, -0.25) is 9.59 Å². The number of rotatable bonds is 4. The number of thiophene rings is 1. The fourth-order valence-corrected chi connectivity index (χ4v) is 5.66. The maximum absolute atomic E-state index is 13.3. The summed E-state index contributed by atoms with van der Waals surface area (Å²) in [6, 6.07) is 14.1. The molecule has 1 spiro atoms. The first-order valence-corrected chi connectivity index (χ1v) is 11.9. The molecule has 1 atom stereocenters. The number of likely N-dealkylation sites (tertiary alicyclic amines) is 1. The third-order valence-electron chi connectivity index (χ3n) is 6.75. The molecule has 0 bridgehead atoms. The van der Waals surface area contributed by atoms with Crippen LogP contribution in [0.15, 0.2) is 47.8 Å². The van der Waals surface area contributed by atoms with Crippen molar-refractivity contribution in [1.29, 1.82) is 0 Å². The van der Waals surface area contributed by atoms with Gasteiger partial charge < -0.3 is 14.5 Å². The fraction of sp³-hybridized carbons (Fsp3) is 0.500. The smallest absolute Gasteiger partial charge is 0.263 e. The Balaban J connectivity index is 1.27. The van der Waals surface area contributed by atoms with Crippen LogP contribution in [0.3, 0.4) is 0 Å². The van der Waals surface area contributed by atoms with Crippen LogP contribution in [0.4, 0.5) is 0 Å². The van der Waals surface area contributed by atoms with Crippen LogP contribution in [-0.2, 0) is 4.74 Å². The molecule has 0 radical (unpaired) electrons. The number of piperidine rings is 1. The van der Waals surface area contributed by atoms with E-state index in [2.05, 4.69) is 4.90 Å². The Labute approximate surface area is 181 Å². The second-order valence-electron chi connectivity index (χ2n) is 8.76. The van der Waals surface area contributed by atoms with E-state index in [1.807, 2.05) is 52.7 Å². The van der Waals surface area contributed by atoms with Crippen molar-refractivity contribution in [3.05, 3.63) is 58.3 Å². The standard InChI is InChI=1S/C24H28N2O3S/c27-22(18-5-2-1-3-6-18)26(19-8-9-19)20-10-15-29-24(17-20)11-13-25(14-12-24)23(28)21-7-4-16-30-21/h1-7,16,19-20H,8-15,17H2. The zero-order chi connectivity index (χ0) is 20.6. The molecule has 1 unspecified atom stereocenters. The largest absolute Gasteiger partial charge is 0.375 e. The van der Waals surface area contributed by atoms with Gasteiger partial charge in [-0.25, -0.2) is 0 Å². The van der Waals surface area contributed by atoms with Crippen LogP contribution >= 0.6 is 11.3 Å². The van der Waals surface area contributed by atoms with Crippen LogP contribution in [0.1, 0.15) is 58.6 Å². The molecule has 2 aromatic rings. The lowest BCUT2D eigenvalue weighted by molar-refractivity contribution is -0.126. The maximum Gasteiger partial charge on any atom is 0.263 e. The zero-order valence-corrected chi connectivity index (χ0v) is 18.0. The first kappa shape index (κ1) is 19.8. The highest BCUT2D eigenvalue weighted by atomic mass is 32.1. The highest BCUT2D eigenvalue weighted by molar-refractivity contribution is 7.12. The van der Waals surface area contributed by atoms with E-state index in [-0.39, 0.29) is 23.5 Å². The number of hydrogen-bond acceptors (Lipinski definition) is 4. The molecule has 1 saturated carbocycles. The predicted molar refractivity (Wildman–Crippen MR) is 117 cm³/mol. The molecule has 1 aromatic carbocycles. The molecular formula is C24H28N2O3S. The van der Waals surface area contributed by atoms with Crippen molar-refractivity contribution in [2.45, 2.75) is 56.2 Å². The Morgan fingerprint density at radius 3 is 2.43 bits per heavy atom. The van der Waals surface area contributed by atoms with Crippen molar-refractivity contribution >= 4 is 23.2 Å². The van der Waals surface area contributed by atoms with Crippen molar-refractivity contribution in [3.8, 4) is 0 Å². The van der Waals surface area contributed by atoms with E-state index in [0.717, 1.165) is 62.1 Å². The number of amides is 2. The number of nitrogens with zero attached hydrogens (tertiary/aromatic N) is 2. The van der Waals surface area contributed by atoms with Crippen LogP contribution < -0.4 is 0 Å². The van der Waals surface area contributed by atoms with E-state index in [0.29, 0.717) is 12.6 Å². The van der Waals surface area contributed by atoms with E-state index >= 15 is 0 Å². The SMILES string of the molecule is O=C(c1cccs1)N1CCC2(CC1)CC(N(C(=O)c1ccccc1)C1CC1)CCO2. The molecule has 6 heteroatoms. The molecule has 158 valence electrons. The Hall–Kier alpha value is -2.18. The third-order valence-corrected chi connectivity index (χ3v) is 7.61. The summed E-state index contributed by atoms with van der Waals surface area (Å²) in [5.41, 5.74) is 0.570. The highest BCUT2D eigenvalue weighted by Gasteiger charge is 2.46. The third kappa shape index (κ3) is 3.91. The van der Waals surface area contributed by atoms with Gasteiger partial charge in [-0.1, -0.05) is 24.3 Å².